The Bertz CT molecular complexity index is 1830. The molecular formula is C66H115NO18. The molecule has 0 spiro atoms. The van der Waals surface area contributed by atoms with Crippen LogP contribution in [0.1, 0.15) is 206 Å². The topological polar surface area (TPSA) is 307 Å². The summed E-state index contributed by atoms with van der Waals surface area (Å²) in [4.78, 5) is 13.4. The molecule has 1 amide bonds. The van der Waals surface area contributed by atoms with E-state index in [1.807, 2.05) is 6.08 Å². The minimum atomic E-state index is -1.99. The van der Waals surface area contributed by atoms with Crippen LogP contribution in [-0.4, -0.2) is 193 Å². The summed E-state index contributed by atoms with van der Waals surface area (Å²) < 4.78 is 34.3. The van der Waals surface area contributed by atoms with E-state index >= 15 is 0 Å². The molecule has 3 aliphatic rings. The molecule has 0 saturated carbocycles. The molecular weight excluding hydrogens is 1090 g/mol. The van der Waals surface area contributed by atoms with E-state index < -0.39 is 124 Å². The minimum absolute atomic E-state index is 0.214. The van der Waals surface area contributed by atoms with E-state index in [0.29, 0.717) is 12.8 Å². The number of amides is 1. The second kappa shape index (κ2) is 48.1. The summed E-state index contributed by atoms with van der Waals surface area (Å²) in [6, 6.07) is -1.01. The van der Waals surface area contributed by atoms with Crippen molar-refractivity contribution in [3.8, 4) is 0 Å². The van der Waals surface area contributed by atoms with Crippen LogP contribution < -0.4 is 5.32 Å². The number of rotatable bonds is 48. The normalized spacial score (nSPS) is 29.4. The Morgan fingerprint density at radius 1 is 0.424 bits per heavy atom. The van der Waals surface area contributed by atoms with Gasteiger partial charge in [-0.05, 0) is 83.5 Å². The number of aliphatic hydroxyl groups is 11. The smallest absolute Gasteiger partial charge is 0.220 e. The van der Waals surface area contributed by atoms with E-state index in [0.717, 1.165) is 83.5 Å². The lowest BCUT2D eigenvalue weighted by molar-refractivity contribution is -0.379. The van der Waals surface area contributed by atoms with Crippen molar-refractivity contribution >= 4 is 5.91 Å². The van der Waals surface area contributed by atoms with E-state index in [4.69, 9.17) is 28.4 Å². The zero-order valence-electron chi connectivity index (χ0n) is 51.6. The highest BCUT2D eigenvalue weighted by atomic mass is 16.8. The van der Waals surface area contributed by atoms with Gasteiger partial charge in [0.1, 0.15) is 73.2 Å². The van der Waals surface area contributed by atoms with Gasteiger partial charge in [0.2, 0.25) is 5.91 Å². The molecule has 0 aliphatic carbocycles. The van der Waals surface area contributed by atoms with E-state index in [9.17, 15) is 61.0 Å². The number of hydrogen-bond donors (Lipinski definition) is 12. The van der Waals surface area contributed by atoms with E-state index in [1.54, 1.807) is 6.08 Å². The maximum absolute atomic E-state index is 13.4. The van der Waals surface area contributed by atoms with Crippen molar-refractivity contribution < 1.29 is 89.4 Å². The number of carbonyl (C=O) groups excluding carboxylic acids is 1. The molecule has 85 heavy (non-hydrogen) atoms. The van der Waals surface area contributed by atoms with Crippen LogP contribution in [0.15, 0.2) is 72.9 Å². The van der Waals surface area contributed by atoms with Gasteiger partial charge in [0.05, 0.1) is 38.6 Å². The first-order valence-electron chi connectivity index (χ1n) is 32.7. The summed E-state index contributed by atoms with van der Waals surface area (Å²) in [5.74, 6) is -0.305. The fourth-order valence-corrected chi connectivity index (χ4v) is 10.6. The molecule has 0 aromatic rings. The Kier molecular flexibility index (Phi) is 43.3. The highest BCUT2D eigenvalue weighted by Gasteiger charge is 2.53. The molecule has 17 atom stereocenters. The van der Waals surface area contributed by atoms with Crippen LogP contribution >= 0.6 is 0 Å². The van der Waals surface area contributed by atoms with Crippen LogP contribution in [0.3, 0.4) is 0 Å². The standard InChI is InChI=1S/C66H115NO18/c1-3-5-7-9-11-13-15-17-19-21-23-24-26-27-29-31-33-35-37-39-41-43-50(71)49(67-54(72)44-42-40-38-36-34-32-30-28-25-22-20-18-16-14-12-10-8-6-4-2)48-80-64-60(78)57(75)62(52(46-69)82-64)85-66-61(79)58(76)63(53(47-70)83-66)84-65-59(77)56(74)55(73)51(45-68)81-65/h12,14,18,20,25-28,33,35,41,43,49-53,55-66,68-71,73-79H,3-11,13,15-17,19,21-24,29-32,34,36-40,42,44-48H2,1-2H3,(H,67,72)/b14-12-,20-18-,27-26+,28-25-,35-33+,43-41+. The van der Waals surface area contributed by atoms with Gasteiger partial charge < -0.3 is 89.9 Å². The Balaban J connectivity index is 1.50. The number of allylic oxidation sites excluding steroid dienone is 11. The predicted octanol–water partition coefficient (Wildman–Crippen LogP) is 7.38. The number of unbranched alkanes of at least 4 members (excludes halogenated alkanes) is 22. The Morgan fingerprint density at radius 2 is 0.788 bits per heavy atom. The molecule has 12 N–H and O–H groups in total. The summed E-state index contributed by atoms with van der Waals surface area (Å²) >= 11 is 0. The van der Waals surface area contributed by atoms with Crippen molar-refractivity contribution in [3.05, 3.63) is 72.9 Å². The predicted molar refractivity (Wildman–Crippen MR) is 328 cm³/mol. The molecule has 0 radical (unpaired) electrons. The summed E-state index contributed by atoms with van der Waals surface area (Å²) in [6.45, 7) is 1.65. The van der Waals surface area contributed by atoms with Crippen LogP contribution in [0.25, 0.3) is 0 Å². The van der Waals surface area contributed by atoms with Gasteiger partial charge in [-0.2, -0.15) is 0 Å². The molecule has 0 aromatic carbocycles. The van der Waals surface area contributed by atoms with E-state index in [-0.39, 0.29) is 18.9 Å². The van der Waals surface area contributed by atoms with E-state index in [1.165, 1.54) is 89.9 Å². The molecule has 3 heterocycles. The second-order valence-corrected chi connectivity index (χ2v) is 23.2. The maximum Gasteiger partial charge on any atom is 0.220 e. The summed E-state index contributed by atoms with van der Waals surface area (Å²) in [5, 5.41) is 120. The lowest BCUT2D eigenvalue weighted by Crippen LogP contribution is -2.66. The second-order valence-electron chi connectivity index (χ2n) is 23.2. The lowest BCUT2D eigenvalue weighted by Gasteiger charge is -2.48. The van der Waals surface area contributed by atoms with Gasteiger partial charge in [-0.15, -0.1) is 0 Å². The molecule has 17 unspecified atom stereocenters. The van der Waals surface area contributed by atoms with Gasteiger partial charge in [0.15, 0.2) is 18.9 Å². The van der Waals surface area contributed by atoms with Crippen molar-refractivity contribution in [2.24, 2.45) is 0 Å². The Labute approximate surface area is 508 Å². The molecule has 0 aromatic heterocycles. The van der Waals surface area contributed by atoms with Gasteiger partial charge in [0.25, 0.3) is 0 Å². The fraction of sp³-hybridized carbons (Fsp3) is 0.803. The minimum Gasteiger partial charge on any atom is -0.394 e. The molecule has 0 bridgehead atoms. The first-order chi connectivity index (χ1) is 41.3. The first-order valence-corrected chi connectivity index (χ1v) is 32.7. The zero-order valence-corrected chi connectivity index (χ0v) is 51.6. The van der Waals surface area contributed by atoms with Crippen LogP contribution in [0.4, 0.5) is 0 Å². The third-order valence-corrected chi connectivity index (χ3v) is 16.0. The Morgan fingerprint density at radius 3 is 1.28 bits per heavy atom. The van der Waals surface area contributed by atoms with Crippen molar-refractivity contribution in [3.63, 3.8) is 0 Å². The molecule has 19 heteroatoms. The number of ether oxygens (including phenoxy) is 6. The molecule has 492 valence electrons. The average molecular weight is 1210 g/mol. The van der Waals surface area contributed by atoms with Gasteiger partial charge in [-0.3, -0.25) is 4.79 Å². The Hall–Kier alpha value is -2.77. The lowest BCUT2D eigenvalue weighted by atomic mass is 9.96. The van der Waals surface area contributed by atoms with Gasteiger partial charge in [-0.1, -0.05) is 189 Å². The van der Waals surface area contributed by atoms with Crippen molar-refractivity contribution in [1.29, 1.82) is 0 Å². The number of hydrogen-bond acceptors (Lipinski definition) is 18. The zero-order chi connectivity index (χ0) is 61.9. The monoisotopic (exact) mass is 1210 g/mol. The van der Waals surface area contributed by atoms with Crippen molar-refractivity contribution in [2.45, 2.75) is 311 Å². The highest BCUT2D eigenvalue weighted by Crippen LogP contribution is 2.33. The number of carbonyl (C=O) groups is 1. The SMILES string of the molecule is CCCCC/C=C\C/C=C\C/C=C\CCCCCCCCC(=O)NC(COC1OC(CO)C(OC2OC(CO)C(OC3OC(CO)C(O)C(O)C3O)C(O)C2O)C(O)C1O)C(O)/C=C/CC/C=C/CC/C=C/CCCCCCCCCCCCC. The van der Waals surface area contributed by atoms with Gasteiger partial charge >= 0.3 is 0 Å². The molecule has 3 aliphatic heterocycles. The van der Waals surface area contributed by atoms with Crippen molar-refractivity contribution in [2.75, 3.05) is 26.4 Å². The molecule has 19 nitrogen and oxygen atoms in total. The summed E-state index contributed by atoms with van der Waals surface area (Å²) in [6.07, 6.45) is 31.6. The maximum atomic E-state index is 13.4. The van der Waals surface area contributed by atoms with Crippen LogP contribution in [0, 0.1) is 0 Å². The number of aliphatic hydroxyl groups excluding tert-OH is 11. The van der Waals surface area contributed by atoms with Crippen LogP contribution in [0.2, 0.25) is 0 Å². The number of nitrogens with one attached hydrogen (secondary N) is 1. The third kappa shape index (κ3) is 31.0. The highest BCUT2D eigenvalue weighted by molar-refractivity contribution is 5.76. The van der Waals surface area contributed by atoms with Crippen molar-refractivity contribution in [1.82, 2.24) is 5.32 Å². The summed E-state index contributed by atoms with van der Waals surface area (Å²) in [7, 11) is 0. The first kappa shape index (κ1) is 76.5. The quantitative estimate of drug-likeness (QED) is 0.0209. The average Bonchev–Trinajstić information content (AvgIpc) is 3.10. The van der Waals surface area contributed by atoms with Crippen LogP contribution in [-0.2, 0) is 33.2 Å². The summed E-state index contributed by atoms with van der Waals surface area (Å²) in [5.41, 5.74) is 0. The van der Waals surface area contributed by atoms with Crippen LogP contribution in [0.5, 0.6) is 0 Å². The van der Waals surface area contributed by atoms with Gasteiger partial charge in [-0.25, -0.2) is 0 Å². The third-order valence-electron chi connectivity index (χ3n) is 16.0. The fourth-order valence-electron chi connectivity index (χ4n) is 10.6. The molecule has 3 saturated heterocycles. The molecule has 3 fully saturated rings. The largest absolute Gasteiger partial charge is 0.394 e. The van der Waals surface area contributed by atoms with E-state index in [2.05, 4.69) is 79.9 Å². The van der Waals surface area contributed by atoms with Gasteiger partial charge in [0, 0.05) is 6.42 Å². The molecule has 3 rings (SSSR count).